The van der Waals surface area contributed by atoms with Crippen molar-refractivity contribution in [3.63, 3.8) is 0 Å². The van der Waals surface area contributed by atoms with Gasteiger partial charge < -0.3 is 14.2 Å². The van der Waals surface area contributed by atoms with Crippen LogP contribution in [0.4, 0.5) is 10.1 Å². The second kappa shape index (κ2) is 8.42. The Balaban J connectivity index is 1.49. The van der Waals surface area contributed by atoms with Crippen LogP contribution in [0.1, 0.15) is 36.9 Å². The minimum Gasteiger partial charge on any atom is -0.374 e. The van der Waals surface area contributed by atoms with Crippen molar-refractivity contribution in [1.29, 1.82) is 0 Å². The Morgan fingerprint density at radius 2 is 2.07 bits per heavy atom. The minimum absolute atomic E-state index is 0.185. The van der Waals surface area contributed by atoms with Gasteiger partial charge in [0.05, 0.1) is 6.54 Å². The quantitative estimate of drug-likeness (QED) is 0.651. The number of anilines is 1. The van der Waals surface area contributed by atoms with Crippen molar-refractivity contribution in [2.45, 2.75) is 32.9 Å². The molecule has 3 aromatic rings. The van der Waals surface area contributed by atoms with E-state index in [2.05, 4.69) is 24.9 Å². The summed E-state index contributed by atoms with van der Waals surface area (Å²) < 4.78 is 24.9. The zero-order chi connectivity index (χ0) is 20.4. The van der Waals surface area contributed by atoms with Crippen LogP contribution in [-0.2, 0) is 11.3 Å². The van der Waals surface area contributed by atoms with E-state index in [9.17, 15) is 4.39 Å². The van der Waals surface area contributed by atoms with Gasteiger partial charge in [0.2, 0.25) is 5.89 Å². The Hall–Kier alpha value is -2.58. The van der Waals surface area contributed by atoms with Gasteiger partial charge in [-0.15, -0.1) is 0 Å². The summed E-state index contributed by atoms with van der Waals surface area (Å²) in [6.07, 6.45) is 0.809. The molecule has 1 aliphatic rings. The first-order valence-electron chi connectivity index (χ1n) is 9.93. The van der Waals surface area contributed by atoms with Gasteiger partial charge in [0, 0.05) is 50.1 Å². The highest BCUT2D eigenvalue weighted by Crippen LogP contribution is 2.29. The molecule has 0 spiro atoms. The molecule has 7 nitrogen and oxygen atoms in total. The fourth-order valence-corrected chi connectivity index (χ4v) is 3.75. The van der Waals surface area contributed by atoms with Crippen molar-refractivity contribution in [2.24, 2.45) is 0 Å². The zero-order valence-corrected chi connectivity index (χ0v) is 17.1. The number of para-hydroxylation sites is 1. The van der Waals surface area contributed by atoms with Crippen molar-refractivity contribution in [2.75, 3.05) is 38.2 Å². The van der Waals surface area contributed by atoms with E-state index in [1.54, 1.807) is 13.2 Å². The average molecular weight is 399 g/mol. The molecule has 1 aromatic carbocycles. The van der Waals surface area contributed by atoms with Gasteiger partial charge in [-0.25, -0.2) is 9.37 Å². The van der Waals surface area contributed by atoms with Crippen molar-refractivity contribution < 1.29 is 13.7 Å². The van der Waals surface area contributed by atoms with Crippen LogP contribution in [0.25, 0.3) is 10.9 Å². The number of halogens is 1. The lowest BCUT2D eigenvalue weighted by Gasteiger charge is -2.25. The number of aryl methyl sites for hydroxylation is 1. The van der Waals surface area contributed by atoms with Gasteiger partial charge in [0.25, 0.3) is 0 Å². The van der Waals surface area contributed by atoms with Gasteiger partial charge in [-0.05, 0) is 32.4 Å². The van der Waals surface area contributed by atoms with Gasteiger partial charge in [-0.3, -0.25) is 4.90 Å². The summed E-state index contributed by atoms with van der Waals surface area (Å²) in [7, 11) is 1.63. The van der Waals surface area contributed by atoms with Crippen LogP contribution in [0.3, 0.4) is 0 Å². The molecule has 1 aliphatic heterocycles. The Labute approximate surface area is 169 Å². The average Bonchev–Trinajstić information content (AvgIpc) is 3.06. The molecule has 0 aliphatic carbocycles. The Bertz CT molecular complexity index is 992. The number of ether oxygens (including phenoxy) is 1. The van der Waals surface area contributed by atoms with Gasteiger partial charge in [-0.1, -0.05) is 17.3 Å². The lowest BCUT2D eigenvalue weighted by atomic mass is 10.1. The van der Waals surface area contributed by atoms with Gasteiger partial charge in [0.15, 0.2) is 5.82 Å². The van der Waals surface area contributed by atoms with Crippen molar-refractivity contribution in [3.05, 3.63) is 47.5 Å². The summed E-state index contributed by atoms with van der Waals surface area (Å²) in [6.45, 7) is 7.95. The fourth-order valence-electron chi connectivity index (χ4n) is 3.75. The maximum atomic E-state index is 14.3. The first-order valence-corrected chi connectivity index (χ1v) is 9.93. The number of pyridine rings is 1. The van der Waals surface area contributed by atoms with Crippen LogP contribution in [0.15, 0.2) is 28.8 Å². The second-order valence-electron chi connectivity index (χ2n) is 7.46. The summed E-state index contributed by atoms with van der Waals surface area (Å²) in [6, 6.07) is 7.20. The van der Waals surface area contributed by atoms with E-state index >= 15 is 0 Å². The van der Waals surface area contributed by atoms with Crippen LogP contribution < -0.4 is 4.90 Å². The van der Waals surface area contributed by atoms with E-state index in [4.69, 9.17) is 9.26 Å². The molecule has 29 heavy (non-hydrogen) atoms. The SMILES string of the molecule is COC(C)c1noc(CN2CCCN(c3cc(C)nc4c(F)cccc34)CC2)n1. The third-order valence-corrected chi connectivity index (χ3v) is 5.39. The Morgan fingerprint density at radius 1 is 1.21 bits per heavy atom. The van der Waals surface area contributed by atoms with Crippen LogP contribution in [-0.4, -0.2) is 53.3 Å². The molecule has 1 saturated heterocycles. The molecule has 2 aromatic heterocycles. The molecule has 3 heterocycles. The van der Waals surface area contributed by atoms with E-state index in [-0.39, 0.29) is 11.9 Å². The normalized spacial score (nSPS) is 16.9. The Morgan fingerprint density at radius 3 is 2.90 bits per heavy atom. The maximum absolute atomic E-state index is 14.3. The molecule has 0 bridgehead atoms. The smallest absolute Gasteiger partial charge is 0.240 e. The molecule has 1 fully saturated rings. The molecule has 1 atom stereocenters. The second-order valence-corrected chi connectivity index (χ2v) is 7.46. The highest BCUT2D eigenvalue weighted by atomic mass is 19.1. The van der Waals surface area contributed by atoms with Crippen LogP contribution in [0.5, 0.6) is 0 Å². The summed E-state index contributed by atoms with van der Waals surface area (Å²) in [5, 5.41) is 4.86. The van der Waals surface area contributed by atoms with Gasteiger partial charge in [-0.2, -0.15) is 4.98 Å². The summed E-state index contributed by atoms with van der Waals surface area (Å²) in [5.74, 6) is 0.894. The lowest BCUT2D eigenvalue weighted by molar-refractivity contribution is 0.109. The van der Waals surface area contributed by atoms with Gasteiger partial charge >= 0.3 is 0 Å². The summed E-state index contributed by atoms with van der Waals surface area (Å²) in [5.41, 5.74) is 2.31. The molecular weight excluding hydrogens is 373 g/mol. The molecule has 154 valence electrons. The van der Waals surface area contributed by atoms with E-state index < -0.39 is 0 Å². The van der Waals surface area contributed by atoms with Crippen LogP contribution in [0, 0.1) is 12.7 Å². The predicted molar refractivity (Wildman–Crippen MR) is 108 cm³/mol. The first kappa shape index (κ1) is 19.7. The van der Waals surface area contributed by atoms with E-state index in [0.29, 0.717) is 23.8 Å². The molecular formula is C21H26FN5O2. The van der Waals surface area contributed by atoms with E-state index in [1.807, 2.05) is 26.0 Å². The predicted octanol–water partition coefficient (Wildman–Crippen LogP) is 3.49. The van der Waals surface area contributed by atoms with Crippen LogP contribution in [0.2, 0.25) is 0 Å². The number of methoxy groups -OCH3 is 1. The molecule has 0 amide bonds. The van der Waals surface area contributed by atoms with Crippen LogP contribution >= 0.6 is 0 Å². The molecule has 0 N–H and O–H groups in total. The monoisotopic (exact) mass is 399 g/mol. The number of fused-ring (bicyclic) bond motifs is 1. The van der Waals surface area contributed by atoms with Gasteiger partial charge in [0.1, 0.15) is 17.4 Å². The number of nitrogens with zero attached hydrogens (tertiary/aromatic N) is 5. The third kappa shape index (κ3) is 4.23. The first-order chi connectivity index (χ1) is 14.0. The number of rotatable bonds is 5. The summed E-state index contributed by atoms with van der Waals surface area (Å²) >= 11 is 0. The molecule has 4 rings (SSSR count). The topological polar surface area (TPSA) is 67.5 Å². The van der Waals surface area contributed by atoms with Crippen molar-refractivity contribution in [3.8, 4) is 0 Å². The molecule has 1 unspecified atom stereocenters. The number of hydrogen-bond donors (Lipinski definition) is 0. The standard InChI is InChI=1S/C21H26FN5O2/c1-14-12-18(16-6-4-7-17(22)20(16)23-14)27-9-5-8-26(10-11-27)13-19-24-21(25-29-19)15(2)28-3/h4,6-7,12,15H,5,8-11,13H2,1-3H3. The lowest BCUT2D eigenvalue weighted by Crippen LogP contribution is -2.30. The Kier molecular flexibility index (Phi) is 5.73. The summed E-state index contributed by atoms with van der Waals surface area (Å²) in [4.78, 5) is 13.5. The number of benzene rings is 1. The minimum atomic E-state index is -0.276. The maximum Gasteiger partial charge on any atom is 0.240 e. The van der Waals surface area contributed by atoms with Crippen molar-refractivity contribution >= 4 is 16.6 Å². The largest absolute Gasteiger partial charge is 0.374 e. The number of aromatic nitrogens is 3. The third-order valence-electron chi connectivity index (χ3n) is 5.39. The fraction of sp³-hybridized carbons (Fsp3) is 0.476. The molecule has 8 heteroatoms. The molecule has 0 radical (unpaired) electrons. The van der Waals surface area contributed by atoms with Crippen molar-refractivity contribution in [1.82, 2.24) is 20.0 Å². The van der Waals surface area contributed by atoms with E-state index in [1.165, 1.54) is 6.07 Å². The highest BCUT2D eigenvalue weighted by molar-refractivity contribution is 5.92. The highest BCUT2D eigenvalue weighted by Gasteiger charge is 2.21. The number of hydrogen-bond acceptors (Lipinski definition) is 7. The van der Waals surface area contributed by atoms with E-state index in [0.717, 1.165) is 49.4 Å². The molecule has 0 saturated carbocycles. The zero-order valence-electron chi connectivity index (χ0n) is 17.1.